The minimum absolute atomic E-state index is 0.0537. The van der Waals surface area contributed by atoms with Gasteiger partial charge in [0.05, 0.1) is 12.6 Å². The van der Waals surface area contributed by atoms with E-state index in [0.29, 0.717) is 12.0 Å². The summed E-state index contributed by atoms with van der Waals surface area (Å²) in [7, 11) is 0. The Morgan fingerprint density at radius 2 is 1.85 bits per heavy atom. The van der Waals surface area contributed by atoms with Crippen LogP contribution in [0.1, 0.15) is 23.6 Å². The minimum Gasteiger partial charge on any atom is -0.283 e. The minimum atomic E-state index is -0.962. The summed E-state index contributed by atoms with van der Waals surface area (Å²) < 4.78 is 39.5. The first kappa shape index (κ1) is 16.6. The molecule has 1 N–H and O–H groups in total. The van der Waals surface area contributed by atoms with Gasteiger partial charge in [-0.05, 0) is 41.8 Å². The summed E-state index contributed by atoms with van der Waals surface area (Å²) in [5, 5.41) is 6.95. The van der Waals surface area contributed by atoms with Crippen LogP contribution in [-0.4, -0.2) is 28.3 Å². The van der Waals surface area contributed by atoms with Crippen LogP contribution in [0.2, 0.25) is 0 Å². The van der Waals surface area contributed by atoms with E-state index in [1.807, 2.05) is 0 Å². The molecule has 8 heteroatoms. The van der Waals surface area contributed by atoms with Crippen molar-refractivity contribution in [1.29, 1.82) is 0 Å². The number of benzene rings is 2. The van der Waals surface area contributed by atoms with Gasteiger partial charge >= 0.3 is 0 Å². The van der Waals surface area contributed by atoms with Gasteiger partial charge in [0.2, 0.25) is 0 Å². The zero-order valence-corrected chi connectivity index (χ0v) is 13.6. The van der Waals surface area contributed by atoms with Crippen molar-refractivity contribution in [2.24, 2.45) is 5.10 Å². The Bertz CT molecular complexity index is 871. The number of carbonyl (C=O) groups is 1. The van der Waals surface area contributed by atoms with Crippen molar-refractivity contribution in [2.45, 2.75) is 25.0 Å². The highest BCUT2D eigenvalue weighted by Crippen LogP contribution is 2.30. The van der Waals surface area contributed by atoms with E-state index in [1.165, 1.54) is 29.5 Å². The zero-order valence-electron chi connectivity index (χ0n) is 13.6. The molecule has 26 heavy (non-hydrogen) atoms. The molecule has 2 unspecified atom stereocenters. The van der Waals surface area contributed by atoms with Crippen molar-refractivity contribution in [3.8, 4) is 0 Å². The summed E-state index contributed by atoms with van der Waals surface area (Å²) >= 11 is 0. The standard InChI is InChI=1S/C18H15F3N4O/c19-13-4-2-12(3-5-13)16-8-17-18(26)24(22-10-25(17)23-16)9-11-1-6-14(20)15(21)7-11/h1-7,10,16-17,23H,8-9H2. The maximum Gasteiger partial charge on any atom is 0.267 e. The van der Waals surface area contributed by atoms with E-state index in [4.69, 9.17) is 0 Å². The number of halogens is 3. The van der Waals surface area contributed by atoms with Gasteiger partial charge in [0.25, 0.3) is 5.91 Å². The van der Waals surface area contributed by atoms with Crippen molar-refractivity contribution in [3.05, 3.63) is 71.0 Å². The van der Waals surface area contributed by atoms with Crippen LogP contribution in [0.15, 0.2) is 47.6 Å². The number of rotatable bonds is 3. The van der Waals surface area contributed by atoms with Crippen LogP contribution in [0.25, 0.3) is 0 Å². The summed E-state index contributed by atoms with van der Waals surface area (Å²) in [6.45, 7) is 0.0537. The van der Waals surface area contributed by atoms with Gasteiger partial charge in [0.15, 0.2) is 11.6 Å². The average molecular weight is 360 g/mol. The van der Waals surface area contributed by atoms with Gasteiger partial charge in [-0.1, -0.05) is 18.2 Å². The summed E-state index contributed by atoms with van der Waals surface area (Å²) in [6, 6.07) is 8.99. The Morgan fingerprint density at radius 3 is 2.58 bits per heavy atom. The molecule has 0 aromatic heterocycles. The second kappa shape index (κ2) is 6.45. The Labute approximate surface area is 147 Å². The smallest absolute Gasteiger partial charge is 0.267 e. The van der Waals surface area contributed by atoms with Gasteiger partial charge in [-0.25, -0.2) is 23.6 Å². The maximum atomic E-state index is 13.4. The lowest BCUT2D eigenvalue weighted by molar-refractivity contribution is -0.137. The SMILES string of the molecule is O=C1C2CC(c3ccc(F)cc3)NN2C=NN1Cc1ccc(F)c(F)c1. The fourth-order valence-corrected chi connectivity index (χ4v) is 3.18. The molecule has 5 nitrogen and oxygen atoms in total. The largest absolute Gasteiger partial charge is 0.283 e. The van der Waals surface area contributed by atoms with Crippen LogP contribution >= 0.6 is 0 Å². The van der Waals surface area contributed by atoms with E-state index in [-0.39, 0.29) is 24.3 Å². The quantitative estimate of drug-likeness (QED) is 0.916. The lowest BCUT2D eigenvalue weighted by atomic mass is 10.0. The summed E-state index contributed by atoms with van der Waals surface area (Å²) in [6.07, 6.45) is 1.99. The molecule has 2 aliphatic rings. The predicted molar refractivity (Wildman–Crippen MR) is 87.9 cm³/mol. The molecule has 2 heterocycles. The Balaban J connectivity index is 1.48. The number of hydrogen-bond acceptors (Lipinski definition) is 4. The lowest BCUT2D eigenvalue weighted by Crippen LogP contribution is -2.50. The molecule has 134 valence electrons. The maximum absolute atomic E-state index is 13.4. The fourth-order valence-electron chi connectivity index (χ4n) is 3.18. The van der Waals surface area contributed by atoms with E-state index in [2.05, 4.69) is 10.5 Å². The van der Waals surface area contributed by atoms with Crippen LogP contribution < -0.4 is 5.43 Å². The zero-order chi connectivity index (χ0) is 18.3. The molecule has 2 aromatic carbocycles. The monoisotopic (exact) mass is 360 g/mol. The first-order valence-electron chi connectivity index (χ1n) is 8.10. The van der Waals surface area contributed by atoms with Gasteiger partial charge in [-0.2, -0.15) is 5.10 Å². The van der Waals surface area contributed by atoms with E-state index >= 15 is 0 Å². The second-order valence-corrected chi connectivity index (χ2v) is 6.27. The number of hydrogen-bond donors (Lipinski definition) is 1. The van der Waals surface area contributed by atoms with Crippen LogP contribution in [0.5, 0.6) is 0 Å². The first-order valence-corrected chi connectivity index (χ1v) is 8.10. The molecule has 1 fully saturated rings. The molecule has 0 radical (unpaired) electrons. The molecule has 2 aliphatic heterocycles. The topological polar surface area (TPSA) is 47.9 Å². The summed E-state index contributed by atoms with van der Waals surface area (Å²) in [5.74, 6) is -2.46. The van der Waals surface area contributed by atoms with Crippen LogP contribution in [0.4, 0.5) is 13.2 Å². The van der Waals surface area contributed by atoms with Gasteiger partial charge in [-0.3, -0.25) is 9.80 Å². The van der Waals surface area contributed by atoms with Gasteiger partial charge < -0.3 is 0 Å². The summed E-state index contributed by atoms with van der Waals surface area (Å²) in [5.41, 5.74) is 4.48. The van der Waals surface area contributed by atoms with E-state index in [1.54, 1.807) is 17.1 Å². The number of fused-ring (bicyclic) bond motifs is 1. The van der Waals surface area contributed by atoms with Crippen molar-refractivity contribution in [2.75, 3.05) is 0 Å². The molecule has 2 aromatic rings. The van der Waals surface area contributed by atoms with Gasteiger partial charge in [-0.15, -0.1) is 0 Å². The molecule has 1 saturated heterocycles. The summed E-state index contributed by atoms with van der Waals surface area (Å²) in [4.78, 5) is 12.7. The number of nitrogens with zero attached hydrogens (tertiary/aromatic N) is 3. The lowest BCUT2D eigenvalue weighted by Gasteiger charge is -2.30. The van der Waals surface area contributed by atoms with Crippen LogP contribution in [-0.2, 0) is 11.3 Å². The third-order valence-electron chi connectivity index (χ3n) is 4.54. The van der Waals surface area contributed by atoms with Crippen molar-refractivity contribution < 1.29 is 18.0 Å². The highest BCUT2D eigenvalue weighted by molar-refractivity contribution is 5.87. The molecular weight excluding hydrogens is 345 g/mol. The van der Waals surface area contributed by atoms with Crippen molar-refractivity contribution in [3.63, 3.8) is 0 Å². The molecule has 0 aliphatic carbocycles. The number of nitrogens with one attached hydrogen (secondary N) is 1. The molecule has 1 amide bonds. The van der Waals surface area contributed by atoms with E-state index in [0.717, 1.165) is 17.7 Å². The molecular formula is C18H15F3N4O. The first-order chi connectivity index (χ1) is 12.5. The second-order valence-electron chi connectivity index (χ2n) is 6.27. The molecule has 0 saturated carbocycles. The average Bonchev–Trinajstić information content (AvgIpc) is 3.06. The van der Waals surface area contributed by atoms with Gasteiger partial charge in [0.1, 0.15) is 18.2 Å². The molecule has 0 spiro atoms. The molecule has 2 atom stereocenters. The fraction of sp³-hybridized carbons (Fsp3) is 0.222. The van der Waals surface area contributed by atoms with Crippen molar-refractivity contribution in [1.82, 2.24) is 15.4 Å². The third-order valence-corrected chi connectivity index (χ3v) is 4.54. The predicted octanol–water partition coefficient (Wildman–Crippen LogP) is 2.71. The number of hydrazone groups is 1. The number of carbonyl (C=O) groups excluding carboxylic acids is 1. The normalized spacial score (nSPS) is 22.0. The Kier molecular flexibility index (Phi) is 4.12. The number of hydrazine groups is 1. The van der Waals surface area contributed by atoms with Crippen molar-refractivity contribution >= 4 is 12.2 Å². The van der Waals surface area contributed by atoms with E-state index in [9.17, 15) is 18.0 Å². The molecule has 0 bridgehead atoms. The number of amides is 1. The van der Waals surface area contributed by atoms with Gasteiger partial charge in [0, 0.05) is 0 Å². The molecule has 4 rings (SSSR count). The highest BCUT2D eigenvalue weighted by Gasteiger charge is 2.40. The van der Waals surface area contributed by atoms with Crippen LogP contribution in [0.3, 0.4) is 0 Å². The highest BCUT2D eigenvalue weighted by atomic mass is 19.2. The van der Waals surface area contributed by atoms with E-state index < -0.39 is 17.7 Å². The third kappa shape index (κ3) is 3.03. The Morgan fingerprint density at radius 1 is 1.08 bits per heavy atom. The Hall–Kier alpha value is -2.87. The van der Waals surface area contributed by atoms with Crippen LogP contribution in [0, 0.1) is 17.5 Å².